The summed E-state index contributed by atoms with van der Waals surface area (Å²) in [5, 5.41) is 0. The van der Waals surface area contributed by atoms with Gasteiger partial charge in [0, 0.05) is 38.1 Å². The highest BCUT2D eigenvalue weighted by Gasteiger charge is 2.42. The van der Waals surface area contributed by atoms with Crippen LogP contribution in [0.5, 0.6) is 0 Å². The van der Waals surface area contributed by atoms with Crippen LogP contribution in [0.2, 0.25) is 0 Å². The zero-order valence-corrected chi connectivity index (χ0v) is 15.7. The first-order valence-electron chi connectivity index (χ1n) is 10.1. The van der Waals surface area contributed by atoms with Crippen LogP contribution in [0.3, 0.4) is 0 Å². The number of carbonyl (C=O) groups is 1. The van der Waals surface area contributed by atoms with Gasteiger partial charge in [0.25, 0.3) is 0 Å². The number of hydrogen-bond donors (Lipinski definition) is 0. The minimum absolute atomic E-state index is 0.328. The third-order valence-electron chi connectivity index (χ3n) is 6.47. The lowest BCUT2D eigenvalue weighted by Gasteiger charge is -2.51. The number of carbonyl (C=O) groups excluding carboxylic acids is 1. The molecule has 3 saturated heterocycles. The average molecular weight is 361 g/mol. The van der Waals surface area contributed by atoms with Crippen molar-refractivity contribution in [3.05, 3.63) is 71.8 Å². The summed E-state index contributed by atoms with van der Waals surface area (Å²) in [7, 11) is 0. The summed E-state index contributed by atoms with van der Waals surface area (Å²) >= 11 is 0. The van der Waals surface area contributed by atoms with E-state index >= 15 is 0 Å². The summed E-state index contributed by atoms with van der Waals surface area (Å²) in [6.07, 6.45) is 1.91. The van der Waals surface area contributed by atoms with Crippen LogP contribution >= 0.6 is 0 Å². The van der Waals surface area contributed by atoms with Crippen LogP contribution < -0.4 is 0 Å². The summed E-state index contributed by atoms with van der Waals surface area (Å²) in [4.78, 5) is 19.3. The molecular weight excluding hydrogens is 334 g/mol. The predicted molar refractivity (Wildman–Crippen MR) is 106 cm³/mol. The Morgan fingerprint density at radius 1 is 0.815 bits per heavy atom. The van der Waals surface area contributed by atoms with Crippen molar-refractivity contribution in [1.29, 1.82) is 0 Å². The Labute approximate surface area is 161 Å². The molecule has 4 heteroatoms. The number of likely N-dealkylation sites (tertiary alicyclic amines) is 1. The number of ketones is 1. The molecular formula is C23H27N3O. The van der Waals surface area contributed by atoms with Crippen LogP contribution in [0.1, 0.15) is 30.0 Å². The van der Waals surface area contributed by atoms with Crippen molar-refractivity contribution in [2.45, 2.75) is 31.0 Å². The van der Waals surface area contributed by atoms with Crippen LogP contribution in [0.25, 0.3) is 0 Å². The van der Waals surface area contributed by atoms with Crippen molar-refractivity contribution in [3.8, 4) is 0 Å². The molecule has 3 fully saturated rings. The van der Waals surface area contributed by atoms with E-state index in [1.807, 2.05) is 0 Å². The molecule has 3 aliphatic heterocycles. The Kier molecular flexibility index (Phi) is 4.56. The number of hydrogen-bond acceptors (Lipinski definition) is 4. The number of fused-ring (bicyclic) bond motifs is 1. The predicted octanol–water partition coefficient (Wildman–Crippen LogP) is 2.77. The van der Waals surface area contributed by atoms with Gasteiger partial charge in [-0.1, -0.05) is 60.7 Å². The molecule has 1 atom stereocenters. The fourth-order valence-corrected chi connectivity index (χ4v) is 4.99. The lowest BCUT2D eigenvalue weighted by Crippen LogP contribution is -2.64. The first-order chi connectivity index (χ1) is 13.3. The van der Waals surface area contributed by atoms with E-state index in [4.69, 9.17) is 0 Å². The van der Waals surface area contributed by atoms with Crippen LogP contribution in [0.15, 0.2) is 60.7 Å². The third kappa shape index (κ3) is 3.33. The van der Waals surface area contributed by atoms with E-state index in [0.717, 1.165) is 39.1 Å². The smallest absolute Gasteiger partial charge is 0.148 e. The van der Waals surface area contributed by atoms with Crippen molar-refractivity contribution in [3.63, 3.8) is 0 Å². The molecule has 5 rings (SSSR count). The van der Waals surface area contributed by atoms with Crippen LogP contribution in [-0.4, -0.2) is 65.4 Å². The van der Waals surface area contributed by atoms with Gasteiger partial charge in [-0.15, -0.1) is 0 Å². The van der Waals surface area contributed by atoms with Gasteiger partial charge in [0.2, 0.25) is 0 Å². The molecule has 0 saturated carbocycles. The number of rotatable bonds is 4. The minimum atomic E-state index is 0.328. The van der Waals surface area contributed by atoms with E-state index in [1.165, 1.54) is 11.1 Å². The van der Waals surface area contributed by atoms with Gasteiger partial charge in [0.05, 0.1) is 19.3 Å². The van der Waals surface area contributed by atoms with Crippen LogP contribution in [-0.2, 0) is 4.79 Å². The summed E-state index contributed by atoms with van der Waals surface area (Å²) in [5.74, 6) is 0.422. The lowest BCUT2D eigenvalue weighted by atomic mass is 9.92. The van der Waals surface area contributed by atoms with Crippen molar-refractivity contribution in [2.75, 3.05) is 32.8 Å². The number of benzene rings is 2. The van der Waals surface area contributed by atoms with Crippen molar-refractivity contribution in [1.82, 2.24) is 14.7 Å². The highest BCUT2D eigenvalue weighted by molar-refractivity contribution is 5.83. The van der Waals surface area contributed by atoms with Gasteiger partial charge in [-0.25, -0.2) is 0 Å². The van der Waals surface area contributed by atoms with E-state index in [0.29, 0.717) is 30.5 Å². The fraction of sp³-hybridized carbons (Fsp3) is 0.435. The molecule has 2 aromatic rings. The van der Waals surface area contributed by atoms with Gasteiger partial charge in [0.1, 0.15) is 5.78 Å². The Bertz CT molecular complexity index is 748. The molecule has 3 aliphatic rings. The normalized spacial score (nSPS) is 24.9. The maximum Gasteiger partial charge on any atom is 0.148 e. The summed E-state index contributed by atoms with van der Waals surface area (Å²) in [6.45, 7) is 4.96. The fourth-order valence-electron chi connectivity index (χ4n) is 4.99. The molecule has 0 aromatic heterocycles. The summed E-state index contributed by atoms with van der Waals surface area (Å²) < 4.78 is 0. The Balaban J connectivity index is 1.28. The van der Waals surface area contributed by atoms with Gasteiger partial charge < -0.3 is 0 Å². The Morgan fingerprint density at radius 2 is 1.44 bits per heavy atom. The van der Waals surface area contributed by atoms with Crippen molar-refractivity contribution in [2.24, 2.45) is 0 Å². The molecule has 3 heterocycles. The topological polar surface area (TPSA) is 26.8 Å². The average Bonchev–Trinajstić information content (AvgIpc) is 3.05. The second-order valence-corrected chi connectivity index (χ2v) is 8.22. The van der Waals surface area contributed by atoms with Crippen LogP contribution in [0.4, 0.5) is 0 Å². The quantitative estimate of drug-likeness (QED) is 0.837. The van der Waals surface area contributed by atoms with Gasteiger partial charge in [-0.3, -0.25) is 19.5 Å². The summed E-state index contributed by atoms with van der Waals surface area (Å²) in [5.41, 5.74) is 2.73. The second-order valence-electron chi connectivity index (χ2n) is 8.22. The first kappa shape index (κ1) is 17.1. The molecule has 0 amide bonds. The largest absolute Gasteiger partial charge is 0.298 e. The Hall–Kier alpha value is -2.01. The van der Waals surface area contributed by atoms with Crippen molar-refractivity contribution >= 4 is 5.78 Å². The zero-order valence-electron chi connectivity index (χ0n) is 15.7. The number of Topliss-reactive ketones (excluding diaryl/α,β-unsaturated/α-hetero) is 1. The molecule has 0 bridgehead atoms. The van der Waals surface area contributed by atoms with Gasteiger partial charge in [-0.2, -0.15) is 0 Å². The van der Waals surface area contributed by atoms with Crippen molar-refractivity contribution < 1.29 is 4.79 Å². The second kappa shape index (κ2) is 7.19. The first-order valence-corrected chi connectivity index (χ1v) is 10.1. The highest BCUT2D eigenvalue weighted by Crippen LogP contribution is 2.35. The minimum Gasteiger partial charge on any atom is -0.298 e. The standard InChI is InChI=1S/C23H27N3O/c27-22-13-20-11-12-24(17-26(20)16-22)21-14-25(15-21)23(18-7-3-1-4-8-18)19-9-5-2-6-10-19/h1-10,20-21,23H,11-17H2/t20-/m1/s1. The monoisotopic (exact) mass is 361 g/mol. The van der Waals surface area contributed by atoms with Gasteiger partial charge in [0.15, 0.2) is 0 Å². The van der Waals surface area contributed by atoms with Gasteiger partial charge in [-0.05, 0) is 17.5 Å². The maximum absolute atomic E-state index is 11.8. The van der Waals surface area contributed by atoms with E-state index < -0.39 is 0 Å². The molecule has 0 aliphatic carbocycles. The third-order valence-corrected chi connectivity index (χ3v) is 6.47. The molecule has 2 aromatic carbocycles. The van der Waals surface area contributed by atoms with E-state index in [2.05, 4.69) is 75.4 Å². The highest BCUT2D eigenvalue weighted by atomic mass is 16.1. The molecule has 140 valence electrons. The lowest BCUT2D eigenvalue weighted by molar-refractivity contribution is -0.117. The Morgan fingerprint density at radius 3 is 2.07 bits per heavy atom. The molecule has 0 N–H and O–H groups in total. The van der Waals surface area contributed by atoms with Gasteiger partial charge >= 0.3 is 0 Å². The molecule has 27 heavy (non-hydrogen) atoms. The maximum atomic E-state index is 11.8. The molecule has 4 nitrogen and oxygen atoms in total. The van der Waals surface area contributed by atoms with E-state index in [9.17, 15) is 4.79 Å². The zero-order chi connectivity index (χ0) is 18.2. The molecule has 0 unspecified atom stereocenters. The molecule has 0 radical (unpaired) electrons. The van der Waals surface area contributed by atoms with E-state index in [-0.39, 0.29) is 0 Å². The number of nitrogens with zero attached hydrogens (tertiary/aromatic N) is 3. The molecule has 0 spiro atoms. The SMILES string of the molecule is O=C1C[C@H]2CCN(C3CN(C(c4ccccc4)c4ccccc4)C3)CN2C1. The van der Waals surface area contributed by atoms with Crippen LogP contribution in [0, 0.1) is 0 Å². The summed E-state index contributed by atoms with van der Waals surface area (Å²) in [6, 6.07) is 23.1. The van der Waals surface area contributed by atoms with E-state index in [1.54, 1.807) is 0 Å².